The van der Waals surface area contributed by atoms with E-state index in [-0.39, 0.29) is 18.8 Å². The van der Waals surface area contributed by atoms with Crippen LogP contribution in [0, 0.1) is 0 Å². The van der Waals surface area contributed by atoms with Gasteiger partial charge in [-0.15, -0.1) is 0 Å². The van der Waals surface area contributed by atoms with Crippen LogP contribution in [0.25, 0.3) is 0 Å². The number of ether oxygens (including phenoxy) is 2. The second-order valence-corrected chi connectivity index (χ2v) is 6.35. The maximum absolute atomic E-state index is 12.0. The largest absolute Gasteiger partial charge is 0.492 e. The van der Waals surface area contributed by atoms with Crippen LogP contribution in [0.2, 0.25) is 0 Å². The molecule has 5 nitrogen and oxygen atoms in total. The van der Waals surface area contributed by atoms with Gasteiger partial charge in [0.25, 0.3) is 0 Å². The standard InChI is InChI=1S/C22H26O5/c1-3-8-19-20(27-15-17-9-5-4-6-10-17)13-12-18(16(2)23)22(19)26-14-7-11-21(24)25/h4-6,9-10,12-13H,3,7-8,11,14-15H2,1-2H3,(H,24,25). The monoisotopic (exact) mass is 370 g/mol. The summed E-state index contributed by atoms with van der Waals surface area (Å²) in [5, 5.41) is 8.78. The lowest BCUT2D eigenvalue weighted by molar-refractivity contribution is -0.137. The Labute approximate surface area is 159 Å². The molecule has 0 aliphatic rings. The van der Waals surface area contributed by atoms with E-state index in [1.165, 1.54) is 6.92 Å². The van der Waals surface area contributed by atoms with Gasteiger partial charge in [-0.2, -0.15) is 0 Å². The van der Waals surface area contributed by atoms with Gasteiger partial charge in [-0.1, -0.05) is 43.7 Å². The summed E-state index contributed by atoms with van der Waals surface area (Å²) < 4.78 is 11.9. The Morgan fingerprint density at radius 1 is 1.04 bits per heavy atom. The minimum atomic E-state index is -0.862. The molecular formula is C22H26O5. The van der Waals surface area contributed by atoms with Gasteiger partial charge >= 0.3 is 5.97 Å². The number of benzene rings is 2. The fraction of sp³-hybridized carbons (Fsp3) is 0.364. The predicted molar refractivity (Wildman–Crippen MR) is 104 cm³/mol. The number of carbonyl (C=O) groups excluding carboxylic acids is 1. The summed E-state index contributed by atoms with van der Waals surface area (Å²) >= 11 is 0. The lowest BCUT2D eigenvalue weighted by Crippen LogP contribution is -2.09. The molecule has 144 valence electrons. The molecule has 0 bridgehead atoms. The summed E-state index contributed by atoms with van der Waals surface area (Å²) in [5.74, 6) is 0.258. The Morgan fingerprint density at radius 2 is 1.78 bits per heavy atom. The maximum atomic E-state index is 12.0. The average molecular weight is 370 g/mol. The third-order valence-electron chi connectivity index (χ3n) is 4.12. The minimum absolute atomic E-state index is 0.0305. The highest BCUT2D eigenvalue weighted by Crippen LogP contribution is 2.34. The molecule has 0 unspecified atom stereocenters. The molecule has 0 spiro atoms. The zero-order chi connectivity index (χ0) is 19.6. The molecule has 0 aromatic heterocycles. The van der Waals surface area contributed by atoms with Crippen molar-refractivity contribution in [2.24, 2.45) is 0 Å². The van der Waals surface area contributed by atoms with Crippen LogP contribution in [0.15, 0.2) is 42.5 Å². The number of carbonyl (C=O) groups is 2. The first-order valence-corrected chi connectivity index (χ1v) is 9.21. The van der Waals surface area contributed by atoms with Gasteiger partial charge in [0.15, 0.2) is 5.78 Å². The summed E-state index contributed by atoms with van der Waals surface area (Å²) in [5.41, 5.74) is 2.41. The van der Waals surface area contributed by atoms with Crippen molar-refractivity contribution < 1.29 is 24.2 Å². The van der Waals surface area contributed by atoms with Crippen LogP contribution in [0.4, 0.5) is 0 Å². The van der Waals surface area contributed by atoms with Gasteiger partial charge in [-0.3, -0.25) is 9.59 Å². The van der Waals surface area contributed by atoms with Crippen LogP contribution in [0.1, 0.15) is 54.6 Å². The lowest BCUT2D eigenvalue weighted by atomic mass is 10.0. The van der Waals surface area contributed by atoms with E-state index < -0.39 is 5.97 Å². The molecule has 0 saturated carbocycles. The van der Waals surface area contributed by atoms with Crippen LogP contribution >= 0.6 is 0 Å². The van der Waals surface area contributed by atoms with E-state index >= 15 is 0 Å². The number of rotatable bonds is 11. The highest BCUT2D eigenvalue weighted by molar-refractivity contribution is 5.97. The van der Waals surface area contributed by atoms with Crippen LogP contribution in [-0.4, -0.2) is 23.5 Å². The van der Waals surface area contributed by atoms with Gasteiger partial charge in [-0.25, -0.2) is 0 Å². The normalized spacial score (nSPS) is 10.4. The molecular weight excluding hydrogens is 344 g/mol. The van der Waals surface area contributed by atoms with E-state index in [9.17, 15) is 9.59 Å². The lowest BCUT2D eigenvalue weighted by Gasteiger charge is -2.18. The molecule has 0 aliphatic carbocycles. The Bertz CT molecular complexity index is 768. The van der Waals surface area contributed by atoms with Crippen LogP contribution in [-0.2, 0) is 17.8 Å². The van der Waals surface area contributed by atoms with Crippen LogP contribution in [0.5, 0.6) is 11.5 Å². The van der Waals surface area contributed by atoms with Crippen molar-refractivity contribution in [1.82, 2.24) is 0 Å². The van der Waals surface area contributed by atoms with Crippen LogP contribution in [0.3, 0.4) is 0 Å². The van der Waals surface area contributed by atoms with Gasteiger partial charge in [-0.05, 0) is 37.5 Å². The number of carboxylic acid groups (broad SMARTS) is 1. The molecule has 5 heteroatoms. The van der Waals surface area contributed by atoms with E-state index in [1.807, 2.05) is 36.4 Å². The second kappa shape index (κ2) is 10.4. The topological polar surface area (TPSA) is 72.8 Å². The molecule has 2 aromatic rings. The zero-order valence-electron chi connectivity index (χ0n) is 15.9. The van der Waals surface area contributed by atoms with Crippen LogP contribution < -0.4 is 9.47 Å². The third kappa shape index (κ3) is 6.13. The van der Waals surface area contributed by atoms with Crippen molar-refractivity contribution in [3.05, 3.63) is 59.2 Å². The van der Waals surface area contributed by atoms with Crippen molar-refractivity contribution in [2.45, 2.75) is 46.1 Å². The zero-order valence-corrected chi connectivity index (χ0v) is 15.9. The van der Waals surface area contributed by atoms with E-state index in [1.54, 1.807) is 6.07 Å². The average Bonchev–Trinajstić information content (AvgIpc) is 2.65. The smallest absolute Gasteiger partial charge is 0.303 e. The number of ketones is 1. The molecule has 0 saturated heterocycles. The van der Waals surface area contributed by atoms with Crippen molar-refractivity contribution in [3.8, 4) is 11.5 Å². The molecule has 2 rings (SSSR count). The highest BCUT2D eigenvalue weighted by atomic mass is 16.5. The fourth-order valence-corrected chi connectivity index (χ4v) is 2.81. The van der Waals surface area contributed by atoms with Gasteiger partial charge in [0.05, 0.1) is 12.2 Å². The first-order valence-electron chi connectivity index (χ1n) is 9.21. The van der Waals surface area contributed by atoms with Crippen molar-refractivity contribution in [3.63, 3.8) is 0 Å². The molecule has 0 amide bonds. The van der Waals surface area contributed by atoms with Crippen molar-refractivity contribution in [1.29, 1.82) is 0 Å². The SMILES string of the molecule is CCCc1c(OCc2ccccc2)ccc(C(C)=O)c1OCCCC(=O)O. The van der Waals surface area contributed by atoms with E-state index in [4.69, 9.17) is 14.6 Å². The van der Waals surface area contributed by atoms with E-state index in [0.29, 0.717) is 36.5 Å². The summed E-state index contributed by atoms with van der Waals surface area (Å²) in [6, 6.07) is 13.4. The Balaban J connectivity index is 2.25. The van der Waals surface area contributed by atoms with Gasteiger partial charge < -0.3 is 14.6 Å². The summed E-state index contributed by atoms with van der Waals surface area (Å²) in [6.45, 7) is 4.22. The third-order valence-corrected chi connectivity index (χ3v) is 4.12. The Kier molecular flexibility index (Phi) is 7.86. The highest BCUT2D eigenvalue weighted by Gasteiger charge is 2.18. The number of aliphatic carboxylic acids is 1. The summed E-state index contributed by atoms with van der Waals surface area (Å²) in [7, 11) is 0. The van der Waals surface area contributed by atoms with Gasteiger partial charge in [0, 0.05) is 12.0 Å². The second-order valence-electron chi connectivity index (χ2n) is 6.35. The summed E-state index contributed by atoms with van der Waals surface area (Å²) in [6.07, 6.45) is 1.99. The number of hydrogen-bond donors (Lipinski definition) is 1. The quantitative estimate of drug-likeness (QED) is 0.460. The molecule has 0 fully saturated rings. The summed E-state index contributed by atoms with van der Waals surface area (Å²) in [4.78, 5) is 22.7. The molecule has 27 heavy (non-hydrogen) atoms. The molecule has 0 atom stereocenters. The molecule has 2 aromatic carbocycles. The van der Waals surface area contributed by atoms with E-state index in [2.05, 4.69) is 6.92 Å². The first-order chi connectivity index (χ1) is 13.0. The fourth-order valence-electron chi connectivity index (χ4n) is 2.81. The maximum Gasteiger partial charge on any atom is 0.303 e. The molecule has 0 radical (unpaired) electrons. The molecule has 1 N–H and O–H groups in total. The van der Waals surface area contributed by atoms with Crippen molar-refractivity contribution in [2.75, 3.05) is 6.61 Å². The first kappa shape index (κ1) is 20.5. The minimum Gasteiger partial charge on any atom is -0.492 e. The number of carboxylic acids is 1. The molecule has 0 heterocycles. The number of hydrogen-bond acceptors (Lipinski definition) is 4. The molecule has 0 aliphatic heterocycles. The van der Waals surface area contributed by atoms with E-state index in [0.717, 1.165) is 17.5 Å². The van der Waals surface area contributed by atoms with Crippen molar-refractivity contribution >= 4 is 11.8 Å². The van der Waals surface area contributed by atoms with Gasteiger partial charge in [0.2, 0.25) is 0 Å². The Morgan fingerprint density at radius 3 is 2.41 bits per heavy atom. The Hall–Kier alpha value is -2.82. The number of Topliss-reactive ketones (excluding diaryl/α,β-unsaturated/α-hetero) is 1. The predicted octanol–water partition coefficient (Wildman–Crippen LogP) is 4.66. The van der Waals surface area contributed by atoms with Gasteiger partial charge in [0.1, 0.15) is 18.1 Å².